The van der Waals surface area contributed by atoms with E-state index in [2.05, 4.69) is 5.32 Å². The Hall–Kier alpha value is -1.10. The molecule has 0 heterocycles. The van der Waals surface area contributed by atoms with Crippen LogP contribution in [0.4, 0.5) is 0 Å². The Bertz CT molecular complexity index is 192. The predicted molar refractivity (Wildman–Crippen MR) is 48.4 cm³/mol. The zero-order chi connectivity index (χ0) is 10.4. The third kappa shape index (κ3) is 4.47. The summed E-state index contributed by atoms with van der Waals surface area (Å²) in [4.78, 5) is 23.0. The Morgan fingerprint density at radius 3 is 2.31 bits per heavy atom. The lowest BCUT2D eigenvalue weighted by Crippen LogP contribution is -2.42. The highest BCUT2D eigenvalue weighted by Gasteiger charge is 2.15. The zero-order valence-corrected chi connectivity index (χ0v) is 8.20. The highest BCUT2D eigenvalue weighted by Crippen LogP contribution is 1.90. The first-order valence-corrected chi connectivity index (χ1v) is 4.15. The van der Waals surface area contributed by atoms with Crippen molar-refractivity contribution in [1.29, 1.82) is 0 Å². The number of likely N-dealkylation sites (N-methyl/N-ethyl adjacent to an activating group) is 1. The van der Waals surface area contributed by atoms with Gasteiger partial charge < -0.3 is 10.0 Å². The molecule has 13 heavy (non-hydrogen) atoms. The molecule has 0 saturated heterocycles. The van der Waals surface area contributed by atoms with Crippen LogP contribution in [0.15, 0.2) is 0 Å². The van der Waals surface area contributed by atoms with Crippen molar-refractivity contribution in [2.45, 2.75) is 19.4 Å². The van der Waals surface area contributed by atoms with Crippen molar-refractivity contribution in [3.8, 4) is 0 Å². The number of nitrogens with one attached hydrogen (secondary N) is 1. The van der Waals surface area contributed by atoms with E-state index in [9.17, 15) is 9.59 Å². The highest BCUT2D eigenvalue weighted by atomic mass is 16.4. The average molecular weight is 188 g/mol. The molecule has 0 fully saturated rings. The van der Waals surface area contributed by atoms with Crippen LogP contribution in [-0.2, 0) is 9.59 Å². The third-order valence-electron chi connectivity index (χ3n) is 1.70. The second-order valence-corrected chi connectivity index (χ2v) is 2.97. The van der Waals surface area contributed by atoms with E-state index in [0.717, 1.165) is 0 Å². The molecule has 1 atom stereocenters. The van der Waals surface area contributed by atoms with Gasteiger partial charge in [-0.3, -0.25) is 14.9 Å². The average Bonchev–Trinajstić information content (AvgIpc) is 2.04. The number of hydrogen-bond acceptors (Lipinski definition) is 3. The van der Waals surface area contributed by atoms with E-state index in [4.69, 9.17) is 5.11 Å². The first-order chi connectivity index (χ1) is 5.99. The van der Waals surface area contributed by atoms with Gasteiger partial charge in [0.1, 0.15) is 6.04 Å². The maximum Gasteiger partial charge on any atom is 0.320 e. The quantitative estimate of drug-likeness (QED) is 0.612. The molecule has 0 aromatic carbocycles. The van der Waals surface area contributed by atoms with Gasteiger partial charge in [0.15, 0.2) is 0 Å². The summed E-state index contributed by atoms with van der Waals surface area (Å²) in [5, 5.41) is 11.3. The van der Waals surface area contributed by atoms with Crippen molar-refractivity contribution in [1.82, 2.24) is 10.2 Å². The van der Waals surface area contributed by atoms with Gasteiger partial charge in [-0.05, 0) is 6.42 Å². The first kappa shape index (κ1) is 11.9. The van der Waals surface area contributed by atoms with Gasteiger partial charge >= 0.3 is 5.97 Å². The molecule has 1 unspecified atom stereocenters. The topological polar surface area (TPSA) is 69.6 Å². The molecule has 0 aromatic rings. The number of carboxylic acids is 1. The number of aliphatic carboxylic acids is 1. The van der Waals surface area contributed by atoms with Crippen LogP contribution in [-0.4, -0.2) is 48.6 Å². The summed E-state index contributed by atoms with van der Waals surface area (Å²) >= 11 is 0. The van der Waals surface area contributed by atoms with Crippen LogP contribution >= 0.6 is 0 Å². The molecule has 76 valence electrons. The molecule has 0 aliphatic rings. The predicted octanol–water partition coefficient (Wildman–Crippen LogP) is -0.473. The lowest BCUT2D eigenvalue weighted by molar-refractivity contribution is -0.139. The van der Waals surface area contributed by atoms with E-state index >= 15 is 0 Å². The van der Waals surface area contributed by atoms with Gasteiger partial charge in [-0.1, -0.05) is 6.92 Å². The van der Waals surface area contributed by atoms with Crippen LogP contribution < -0.4 is 5.32 Å². The Morgan fingerprint density at radius 2 is 2.00 bits per heavy atom. The van der Waals surface area contributed by atoms with Crippen LogP contribution in [0.3, 0.4) is 0 Å². The van der Waals surface area contributed by atoms with Crippen molar-refractivity contribution in [3.05, 3.63) is 0 Å². The summed E-state index contributed by atoms with van der Waals surface area (Å²) in [6.07, 6.45) is 0.468. The van der Waals surface area contributed by atoms with E-state index < -0.39 is 12.0 Å². The van der Waals surface area contributed by atoms with Gasteiger partial charge in [0.25, 0.3) is 0 Å². The van der Waals surface area contributed by atoms with Crippen molar-refractivity contribution in [2.75, 3.05) is 20.6 Å². The van der Waals surface area contributed by atoms with Crippen molar-refractivity contribution in [2.24, 2.45) is 0 Å². The van der Waals surface area contributed by atoms with Gasteiger partial charge in [0.05, 0.1) is 6.54 Å². The van der Waals surface area contributed by atoms with Gasteiger partial charge in [-0.15, -0.1) is 0 Å². The fraction of sp³-hybridized carbons (Fsp3) is 0.750. The van der Waals surface area contributed by atoms with Gasteiger partial charge in [-0.25, -0.2) is 0 Å². The molecule has 0 radical (unpaired) electrons. The molecule has 0 bridgehead atoms. The van der Waals surface area contributed by atoms with E-state index in [0.29, 0.717) is 6.42 Å². The molecule has 0 aliphatic carbocycles. The van der Waals surface area contributed by atoms with Crippen molar-refractivity contribution < 1.29 is 14.7 Å². The number of hydrogen-bond donors (Lipinski definition) is 2. The molecule has 0 rings (SSSR count). The number of carbonyl (C=O) groups is 2. The lowest BCUT2D eigenvalue weighted by atomic mass is 10.2. The lowest BCUT2D eigenvalue weighted by Gasteiger charge is -2.14. The summed E-state index contributed by atoms with van der Waals surface area (Å²) in [6.45, 7) is 1.82. The van der Waals surface area contributed by atoms with Crippen LogP contribution in [0.1, 0.15) is 13.3 Å². The number of nitrogens with zero attached hydrogens (tertiary/aromatic N) is 1. The number of carbonyl (C=O) groups excluding carboxylic acids is 1. The fourth-order valence-electron chi connectivity index (χ4n) is 0.775. The van der Waals surface area contributed by atoms with E-state index in [1.807, 2.05) is 0 Å². The van der Waals surface area contributed by atoms with Gasteiger partial charge in [0, 0.05) is 14.1 Å². The second kappa shape index (κ2) is 5.53. The van der Waals surface area contributed by atoms with Crippen LogP contribution in [0, 0.1) is 0 Å². The molecule has 0 spiro atoms. The summed E-state index contributed by atoms with van der Waals surface area (Å²) < 4.78 is 0. The standard InChI is InChI=1S/C8H16N2O3/c1-4-6(8(12)13)9-5-7(11)10(2)3/h6,9H,4-5H2,1-3H3,(H,12,13). The second-order valence-electron chi connectivity index (χ2n) is 2.97. The van der Waals surface area contributed by atoms with Crippen molar-refractivity contribution >= 4 is 11.9 Å². The van der Waals surface area contributed by atoms with E-state index in [1.165, 1.54) is 4.90 Å². The summed E-state index contributed by atoms with van der Waals surface area (Å²) in [5.41, 5.74) is 0. The molecular weight excluding hydrogens is 172 g/mol. The molecule has 5 heteroatoms. The zero-order valence-electron chi connectivity index (χ0n) is 8.20. The van der Waals surface area contributed by atoms with Crippen LogP contribution in [0.5, 0.6) is 0 Å². The molecule has 0 aromatic heterocycles. The fourth-order valence-corrected chi connectivity index (χ4v) is 0.775. The minimum absolute atomic E-state index is 0.0673. The Balaban J connectivity index is 3.85. The normalized spacial score (nSPS) is 12.2. The first-order valence-electron chi connectivity index (χ1n) is 4.15. The minimum Gasteiger partial charge on any atom is -0.480 e. The van der Waals surface area contributed by atoms with Crippen LogP contribution in [0.25, 0.3) is 0 Å². The Labute approximate surface area is 77.7 Å². The number of carboxylic acid groups (broad SMARTS) is 1. The summed E-state index contributed by atoms with van der Waals surface area (Å²) in [5.74, 6) is -1.05. The third-order valence-corrected chi connectivity index (χ3v) is 1.70. The molecule has 1 amide bonds. The largest absolute Gasteiger partial charge is 0.480 e. The van der Waals surface area contributed by atoms with E-state index in [-0.39, 0.29) is 12.5 Å². The summed E-state index contributed by atoms with van der Waals surface area (Å²) in [7, 11) is 3.26. The summed E-state index contributed by atoms with van der Waals surface area (Å²) in [6, 6.07) is -0.635. The van der Waals surface area contributed by atoms with Crippen molar-refractivity contribution in [3.63, 3.8) is 0 Å². The molecule has 0 saturated carbocycles. The van der Waals surface area contributed by atoms with E-state index in [1.54, 1.807) is 21.0 Å². The molecule has 5 nitrogen and oxygen atoms in total. The Kier molecular flexibility index (Phi) is 5.06. The molecule has 2 N–H and O–H groups in total. The van der Waals surface area contributed by atoms with Crippen LogP contribution in [0.2, 0.25) is 0 Å². The minimum atomic E-state index is -0.922. The number of amides is 1. The highest BCUT2D eigenvalue weighted by molar-refractivity contribution is 5.79. The molecule has 0 aliphatic heterocycles. The molecular formula is C8H16N2O3. The van der Waals surface area contributed by atoms with Gasteiger partial charge in [0.2, 0.25) is 5.91 Å². The SMILES string of the molecule is CCC(NCC(=O)N(C)C)C(=O)O. The Morgan fingerprint density at radius 1 is 1.46 bits per heavy atom. The van der Waals surface area contributed by atoms with Gasteiger partial charge in [-0.2, -0.15) is 0 Å². The smallest absolute Gasteiger partial charge is 0.320 e. The monoisotopic (exact) mass is 188 g/mol. The number of rotatable bonds is 5. The maximum atomic E-state index is 11.1. The maximum absolute atomic E-state index is 11.1.